The number of carbonyl (C=O) groups excluding carboxylic acids is 1. The molecule has 20 heavy (non-hydrogen) atoms. The van der Waals surface area contributed by atoms with E-state index in [1.807, 2.05) is 0 Å². The van der Waals surface area contributed by atoms with E-state index in [1.54, 1.807) is 24.3 Å². The summed E-state index contributed by atoms with van der Waals surface area (Å²) in [7, 11) is 0. The molecule has 1 unspecified atom stereocenters. The summed E-state index contributed by atoms with van der Waals surface area (Å²) in [6.45, 7) is 8.65. The molecule has 1 saturated carbocycles. The van der Waals surface area contributed by atoms with Gasteiger partial charge in [0.15, 0.2) is 0 Å². The molecule has 1 atom stereocenters. The number of hydrogen-bond donors (Lipinski definition) is 3. The zero-order chi connectivity index (χ0) is 15.1. The fraction of sp³-hybridized carbons (Fsp3) is 0.562. The van der Waals surface area contributed by atoms with Crippen molar-refractivity contribution in [1.82, 2.24) is 5.32 Å². The van der Waals surface area contributed by atoms with Crippen molar-refractivity contribution < 1.29 is 9.90 Å². The Bertz CT molecular complexity index is 492. The van der Waals surface area contributed by atoms with Gasteiger partial charge in [0.25, 0.3) is 0 Å². The zero-order valence-corrected chi connectivity index (χ0v) is 12.6. The van der Waals surface area contributed by atoms with Crippen LogP contribution >= 0.6 is 0 Å². The van der Waals surface area contributed by atoms with Crippen LogP contribution in [0.1, 0.15) is 39.4 Å². The van der Waals surface area contributed by atoms with Gasteiger partial charge in [-0.1, -0.05) is 39.8 Å². The monoisotopic (exact) mass is 276 g/mol. The molecule has 1 aromatic carbocycles. The van der Waals surface area contributed by atoms with Gasteiger partial charge in [0.05, 0.1) is 6.10 Å². The van der Waals surface area contributed by atoms with Crippen molar-refractivity contribution in [2.24, 2.45) is 16.7 Å². The van der Waals surface area contributed by atoms with Crippen molar-refractivity contribution in [3.05, 3.63) is 29.8 Å². The van der Waals surface area contributed by atoms with E-state index in [9.17, 15) is 9.90 Å². The van der Waals surface area contributed by atoms with Crippen molar-refractivity contribution in [3.8, 4) is 0 Å². The Hall–Kier alpha value is -1.55. The molecule has 2 rings (SSSR count). The Morgan fingerprint density at radius 2 is 1.75 bits per heavy atom. The molecule has 4 nitrogen and oxygen atoms in total. The Balaban J connectivity index is 1.90. The Kier molecular flexibility index (Phi) is 3.54. The Morgan fingerprint density at radius 1 is 1.25 bits per heavy atom. The van der Waals surface area contributed by atoms with E-state index in [4.69, 9.17) is 5.73 Å². The van der Waals surface area contributed by atoms with Crippen LogP contribution in [0.15, 0.2) is 24.3 Å². The lowest BCUT2D eigenvalue weighted by molar-refractivity contribution is -0.123. The lowest BCUT2D eigenvalue weighted by Crippen LogP contribution is -2.31. The minimum Gasteiger partial charge on any atom is -0.399 e. The second-order valence-electron chi connectivity index (χ2n) is 6.80. The maximum atomic E-state index is 12.2. The van der Waals surface area contributed by atoms with Crippen LogP contribution in [0.3, 0.4) is 0 Å². The Morgan fingerprint density at radius 3 is 2.20 bits per heavy atom. The third-order valence-electron chi connectivity index (χ3n) is 5.07. The van der Waals surface area contributed by atoms with E-state index in [0.717, 1.165) is 5.56 Å². The van der Waals surface area contributed by atoms with E-state index in [-0.39, 0.29) is 29.2 Å². The number of hydrogen-bond acceptors (Lipinski definition) is 3. The predicted octanol–water partition coefficient (Wildman–Crippen LogP) is 2.10. The van der Waals surface area contributed by atoms with E-state index in [0.29, 0.717) is 5.69 Å². The highest BCUT2D eigenvalue weighted by Crippen LogP contribution is 2.68. The number of benzene rings is 1. The summed E-state index contributed by atoms with van der Waals surface area (Å²) in [6, 6.07) is 7.04. The number of anilines is 1. The van der Waals surface area contributed by atoms with Crippen LogP contribution in [0.4, 0.5) is 5.69 Å². The minimum atomic E-state index is -0.704. The quantitative estimate of drug-likeness (QED) is 0.737. The van der Waals surface area contributed by atoms with Crippen LogP contribution < -0.4 is 11.1 Å². The first kappa shape index (κ1) is 14.9. The van der Waals surface area contributed by atoms with E-state index in [2.05, 4.69) is 33.0 Å². The highest BCUT2D eigenvalue weighted by Gasteiger charge is 2.68. The summed E-state index contributed by atoms with van der Waals surface area (Å²) in [5.41, 5.74) is 7.06. The summed E-state index contributed by atoms with van der Waals surface area (Å²) in [5.74, 6) is 0.0307. The van der Waals surface area contributed by atoms with Gasteiger partial charge in [-0.25, -0.2) is 0 Å². The van der Waals surface area contributed by atoms with Gasteiger partial charge >= 0.3 is 0 Å². The Labute approximate surface area is 120 Å². The average molecular weight is 276 g/mol. The molecule has 1 amide bonds. The van der Waals surface area contributed by atoms with Crippen molar-refractivity contribution in [3.63, 3.8) is 0 Å². The van der Waals surface area contributed by atoms with Gasteiger partial charge in [0.2, 0.25) is 5.91 Å². The van der Waals surface area contributed by atoms with Gasteiger partial charge in [-0.05, 0) is 28.5 Å². The van der Waals surface area contributed by atoms with Crippen LogP contribution in [-0.4, -0.2) is 17.6 Å². The van der Waals surface area contributed by atoms with Gasteiger partial charge in [-0.2, -0.15) is 0 Å². The molecule has 4 heteroatoms. The van der Waals surface area contributed by atoms with Crippen LogP contribution in [0, 0.1) is 16.7 Å². The second-order valence-corrected chi connectivity index (χ2v) is 6.80. The smallest absolute Gasteiger partial charge is 0.224 e. The molecule has 0 saturated heterocycles. The number of aliphatic hydroxyl groups excluding tert-OH is 1. The molecule has 1 aliphatic carbocycles. The third kappa shape index (κ3) is 2.40. The van der Waals surface area contributed by atoms with Crippen molar-refractivity contribution in [1.29, 1.82) is 0 Å². The number of aliphatic hydroxyl groups is 1. The van der Waals surface area contributed by atoms with Crippen LogP contribution in [0.25, 0.3) is 0 Å². The molecule has 0 bridgehead atoms. The molecule has 0 heterocycles. The molecular weight excluding hydrogens is 252 g/mol. The van der Waals surface area contributed by atoms with Crippen LogP contribution in [0.5, 0.6) is 0 Å². The number of nitrogens with one attached hydrogen (secondary N) is 1. The summed E-state index contributed by atoms with van der Waals surface area (Å²) in [5, 5.41) is 12.9. The lowest BCUT2D eigenvalue weighted by atomic mass is 10.0. The van der Waals surface area contributed by atoms with Crippen molar-refractivity contribution in [2.75, 3.05) is 12.3 Å². The molecule has 1 aliphatic rings. The number of rotatable bonds is 4. The van der Waals surface area contributed by atoms with E-state index in [1.165, 1.54) is 0 Å². The molecule has 4 N–H and O–H groups in total. The maximum Gasteiger partial charge on any atom is 0.224 e. The van der Waals surface area contributed by atoms with Crippen LogP contribution in [-0.2, 0) is 4.79 Å². The van der Waals surface area contributed by atoms with Gasteiger partial charge in [0.1, 0.15) is 0 Å². The first-order chi connectivity index (χ1) is 9.18. The molecule has 1 fully saturated rings. The van der Waals surface area contributed by atoms with Crippen molar-refractivity contribution in [2.45, 2.75) is 33.8 Å². The zero-order valence-electron chi connectivity index (χ0n) is 12.6. The molecular formula is C16H24N2O2. The van der Waals surface area contributed by atoms with E-state index >= 15 is 0 Å². The van der Waals surface area contributed by atoms with Gasteiger partial charge < -0.3 is 16.2 Å². The highest BCUT2D eigenvalue weighted by atomic mass is 16.3. The molecule has 1 aromatic rings. The molecule has 0 radical (unpaired) electrons. The first-order valence-electron chi connectivity index (χ1n) is 6.99. The minimum absolute atomic E-state index is 0.00798. The lowest BCUT2D eigenvalue weighted by Gasteiger charge is -2.13. The SMILES string of the molecule is CC1(C)C(C(=O)NCC(O)c2ccc(N)cc2)C1(C)C. The van der Waals surface area contributed by atoms with Gasteiger partial charge in [-0.15, -0.1) is 0 Å². The summed E-state index contributed by atoms with van der Waals surface area (Å²) in [4.78, 5) is 12.2. The fourth-order valence-electron chi connectivity index (χ4n) is 2.99. The molecule has 0 aromatic heterocycles. The van der Waals surface area contributed by atoms with Crippen molar-refractivity contribution >= 4 is 11.6 Å². The summed E-state index contributed by atoms with van der Waals surface area (Å²) < 4.78 is 0. The number of carbonyl (C=O) groups is 1. The molecule has 110 valence electrons. The largest absolute Gasteiger partial charge is 0.399 e. The topological polar surface area (TPSA) is 75.3 Å². The first-order valence-corrected chi connectivity index (χ1v) is 6.99. The number of nitrogens with two attached hydrogens (primary N) is 1. The summed E-state index contributed by atoms with van der Waals surface area (Å²) in [6.07, 6.45) is -0.704. The number of amides is 1. The molecule has 0 spiro atoms. The average Bonchev–Trinajstić information content (AvgIpc) is 2.77. The fourth-order valence-corrected chi connectivity index (χ4v) is 2.99. The maximum absolute atomic E-state index is 12.2. The number of nitrogen functional groups attached to an aromatic ring is 1. The standard InChI is InChI=1S/C16H24N2O2/c1-15(2)13(16(15,3)4)14(20)18-9-12(19)10-5-7-11(17)8-6-10/h5-8,12-13,19H,9,17H2,1-4H3,(H,18,20). The van der Waals surface area contributed by atoms with Gasteiger partial charge in [-0.3, -0.25) is 4.79 Å². The van der Waals surface area contributed by atoms with E-state index < -0.39 is 6.10 Å². The van der Waals surface area contributed by atoms with Crippen LogP contribution in [0.2, 0.25) is 0 Å². The highest BCUT2D eigenvalue weighted by molar-refractivity contribution is 5.84. The molecule has 0 aliphatic heterocycles. The third-order valence-corrected chi connectivity index (χ3v) is 5.07. The summed E-state index contributed by atoms with van der Waals surface area (Å²) >= 11 is 0. The predicted molar refractivity (Wildman–Crippen MR) is 79.9 cm³/mol. The normalized spacial score (nSPS) is 21.2. The van der Waals surface area contributed by atoms with Gasteiger partial charge in [0, 0.05) is 18.2 Å². The second kappa shape index (κ2) is 4.77.